The van der Waals surface area contributed by atoms with Crippen LogP contribution in [-0.4, -0.2) is 38.1 Å². The van der Waals surface area contributed by atoms with Crippen molar-refractivity contribution in [2.75, 3.05) is 25.1 Å². The van der Waals surface area contributed by atoms with E-state index in [2.05, 4.69) is 0 Å². The molecule has 2 fully saturated rings. The lowest BCUT2D eigenvalue weighted by Crippen LogP contribution is -3.19. The molecule has 0 bridgehead atoms. The summed E-state index contributed by atoms with van der Waals surface area (Å²) in [6.45, 7) is 2.96. The highest BCUT2D eigenvalue weighted by Crippen LogP contribution is 2.46. The van der Waals surface area contributed by atoms with Gasteiger partial charge in [0, 0.05) is 31.9 Å². The summed E-state index contributed by atoms with van der Waals surface area (Å²) >= 11 is 0. The van der Waals surface area contributed by atoms with Crippen molar-refractivity contribution in [2.24, 2.45) is 5.92 Å². The molecule has 3 heterocycles. The molecule has 1 unspecified atom stereocenters. The molecule has 1 aromatic rings. The van der Waals surface area contributed by atoms with Crippen LogP contribution >= 0.6 is 0 Å². The predicted molar refractivity (Wildman–Crippen MR) is 85.1 cm³/mol. The Morgan fingerprint density at radius 1 is 1.50 bits per heavy atom. The number of fused-ring (bicyclic) bond motifs is 4. The summed E-state index contributed by atoms with van der Waals surface area (Å²) in [6.07, 6.45) is 2.28. The highest BCUT2D eigenvalue weighted by atomic mass is 19.1. The Morgan fingerprint density at radius 3 is 3.04 bits per heavy atom. The number of quaternary nitrogens is 1. The first-order chi connectivity index (χ1) is 11.5. The maximum atomic E-state index is 13.9. The Kier molecular flexibility index (Phi) is 3.42. The molecule has 3 aliphatic heterocycles. The van der Waals surface area contributed by atoms with E-state index in [1.807, 2.05) is 0 Å². The second-order valence-corrected chi connectivity index (χ2v) is 7.02. The van der Waals surface area contributed by atoms with Crippen LogP contribution in [0.5, 0.6) is 0 Å². The molecule has 5 nitrogen and oxygen atoms in total. The average molecular weight is 333 g/mol. The minimum absolute atomic E-state index is 0.0307. The predicted octanol–water partition coefficient (Wildman–Crippen LogP) is 0.628. The van der Waals surface area contributed by atoms with Crippen LogP contribution in [0, 0.1) is 11.7 Å². The number of carbonyl (C=O) groups excluding carboxylic acids is 2. The van der Waals surface area contributed by atoms with Gasteiger partial charge in [0.25, 0.3) is 5.91 Å². The van der Waals surface area contributed by atoms with Crippen LogP contribution in [-0.2, 0) is 19.9 Å². The van der Waals surface area contributed by atoms with E-state index in [-0.39, 0.29) is 29.7 Å². The number of halogens is 1. The van der Waals surface area contributed by atoms with E-state index in [4.69, 9.17) is 4.74 Å². The number of nitrogens with zero attached hydrogens (tertiary/aromatic N) is 1. The largest absolute Gasteiger partial charge is 0.466 e. The number of anilines is 1. The Morgan fingerprint density at radius 2 is 2.29 bits per heavy atom. The third-order valence-electron chi connectivity index (χ3n) is 6.01. The van der Waals surface area contributed by atoms with Crippen LogP contribution in [0.1, 0.15) is 31.7 Å². The zero-order valence-corrected chi connectivity index (χ0v) is 14.0. The zero-order chi connectivity index (χ0) is 17.1. The zero-order valence-electron chi connectivity index (χ0n) is 14.0. The van der Waals surface area contributed by atoms with Crippen molar-refractivity contribution < 1.29 is 23.6 Å². The maximum Gasteiger partial charge on any atom is 0.315 e. The fourth-order valence-corrected chi connectivity index (χ4v) is 5.11. The number of hydrogen-bond acceptors (Lipinski definition) is 3. The van der Waals surface area contributed by atoms with Crippen molar-refractivity contribution in [2.45, 2.75) is 37.8 Å². The Bertz CT molecular complexity index is 722. The molecule has 1 amide bonds. The van der Waals surface area contributed by atoms with Gasteiger partial charge in [-0.1, -0.05) is 0 Å². The molecular formula is C18H22FN2O3+. The molecule has 0 radical (unpaired) electrons. The van der Waals surface area contributed by atoms with Crippen molar-refractivity contribution in [1.29, 1.82) is 0 Å². The topological polar surface area (TPSA) is 51.1 Å². The van der Waals surface area contributed by atoms with Gasteiger partial charge in [0.05, 0.1) is 18.8 Å². The van der Waals surface area contributed by atoms with Crippen LogP contribution in [0.4, 0.5) is 10.1 Å². The van der Waals surface area contributed by atoms with Crippen molar-refractivity contribution in [3.63, 3.8) is 0 Å². The molecule has 128 valence electrons. The van der Waals surface area contributed by atoms with Gasteiger partial charge in [-0.2, -0.15) is 0 Å². The second kappa shape index (κ2) is 5.28. The number of amides is 1. The van der Waals surface area contributed by atoms with E-state index in [1.165, 1.54) is 12.1 Å². The Hall–Kier alpha value is -1.95. The number of carbonyl (C=O) groups is 2. The monoisotopic (exact) mass is 333 g/mol. The van der Waals surface area contributed by atoms with E-state index in [0.717, 1.165) is 35.5 Å². The standard InChI is InChI=1S/C18H21FN2O3/c1-3-24-16(22)12-10-18(21-8-4-5-14(12)21)13-9-11(19)6-7-15(13)20(2)17(18)23/h6-7,9,12,14H,3-5,8,10H2,1-2H3/p+1/t12-,14+,18-/m0/s1. The first-order valence-corrected chi connectivity index (χ1v) is 8.61. The molecule has 24 heavy (non-hydrogen) atoms. The number of ether oxygens (including phenoxy) is 1. The lowest BCUT2D eigenvalue weighted by molar-refractivity contribution is -0.947. The number of esters is 1. The Balaban J connectivity index is 1.84. The SMILES string of the molecule is CCOC(=O)[C@H]1C[C@]2(C(=O)N(C)c3ccc(F)cc32)[NH+]2CCC[C@H]12. The van der Waals surface area contributed by atoms with Crippen LogP contribution in [0.15, 0.2) is 18.2 Å². The van der Waals surface area contributed by atoms with E-state index >= 15 is 0 Å². The highest BCUT2D eigenvalue weighted by molar-refractivity contribution is 6.06. The summed E-state index contributed by atoms with van der Waals surface area (Å²) in [4.78, 5) is 28.4. The second-order valence-electron chi connectivity index (χ2n) is 7.02. The summed E-state index contributed by atoms with van der Waals surface area (Å²) in [6, 6.07) is 4.61. The fourth-order valence-electron chi connectivity index (χ4n) is 5.11. The van der Waals surface area contributed by atoms with Gasteiger partial charge in [-0.3, -0.25) is 9.59 Å². The van der Waals surface area contributed by atoms with E-state index in [1.54, 1.807) is 24.9 Å². The quantitative estimate of drug-likeness (QED) is 0.808. The number of rotatable bonds is 2. The summed E-state index contributed by atoms with van der Waals surface area (Å²) in [5.41, 5.74) is 0.637. The van der Waals surface area contributed by atoms with E-state index in [9.17, 15) is 14.0 Å². The van der Waals surface area contributed by atoms with Gasteiger partial charge in [-0.15, -0.1) is 0 Å². The van der Waals surface area contributed by atoms with Gasteiger partial charge in [0.2, 0.25) is 5.54 Å². The highest BCUT2D eigenvalue weighted by Gasteiger charge is 2.68. The van der Waals surface area contributed by atoms with Gasteiger partial charge >= 0.3 is 5.97 Å². The number of nitrogens with one attached hydrogen (secondary N) is 1. The number of benzene rings is 1. The number of hydrogen-bond donors (Lipinski definition) is 1. The molecule has 0 aliphatic carbocycles. The third-order valence-corrected chi connectivity index (χ3v) is 6.01. The lowest BCUT2D eigenvalue weighted by atomic mass is 9.84. The molecule has 6 heteroatoms. The molecule has 1 aromatic carbocycles. The van der Waals surface area contributed by atoms with E-state index < -0.39 is 5.54 Å². The molecule has 3 aliphatic rings. The lowest BCUT2D eigenvalue weighted by Gasteiger charge is -2.30. The summed E-state index contributed by atoms with van der Waals surface area (Å²) in [7, 11) is 1.73. The van der Waals surface area contributed by atoms with Crippen molar-refractivity contribution in [3.05, 3.63) is 29.6 Å². The van der Waals surface area contributed by atoms with Crippen LogP contribution < -0.4 is 9.80 Å². The minimum atomic E-state index is -0.842. The molecule has 1 N–H and O–H groups in total. The molecule has 4 atom stereocenters. The van der Waals surface area contributed by atoms with Gasteiger partial charge in [-0.25, -0.2) is 4.39 Å². The Labute approximate surface area is 140 Å². The molecule has 0 aromatic heterocycles. The summed E-state index contributed by atoms with van der Waals surface area (Å²) in [5.74, 6) is -0.893. The number of likely N-dealkylation sites (N-methyl/N-ethyl adjacent to an activating group) is 1. The first-order valence-electron chi connectivity index (χ1n) is 8.61. The van der Waals surface area contributed by atoms with Gasteiger partial charge in [0.15, 0.2) is 0 Å². The van der Waals surface area contributed by atoms with Crippen LogP contribution in [0.2, 0.25) is 0 Å². The van der Waals surface area contributed by atoms with Crippen molar-refractivity contribution >= 4 is 17.6 Å². The summed E-state index contributed by atoms with van der Waals surface area (Å²) < 4.78 is 19.2. The average Bonchev–Trinajstić information content (AvgIpc) is 3.19. The van der Waals surface area contributed by atoms with Crippen LogP contribution in [0.25, 0.3) is 0 Å². The van der Waals surface area contributed by atoms with E-state index in [0.29, 0.717) is 13.0 Å². The third kappa shape index (κ3) is 1.83. The fraction of sp³-hybridized carbons (Fsp3) is 0.556. The van der Waals surface area contributed by atoms with Crippen molar-refractivity contribution in [3.8, 4) is 0 Å². The molecular weight excluding hydrogens is 311 g/mol. The van der Waals surface area contributed by atoms with Gasteiger partial charge in [-0.05, 0) is 25.1 Å². The smallest absolute Gasteiger partial charge is 0.315 e. The normalized spacial score (nSPS) is 33.9. The van der Waals surface area contributed by atoms with Crippen molar-refractivity contribution in [1.82, 2.24) is 0 Å². The summed E-state index contributed by atoms with van der Waals surface area (Å²) in [5, 5.41) is 0. The van der Waals surface area contributed by atoms with Crippen LogP contribution in [0.3, 0.4) is 0 Å². The maximum absolute atomic E-state index is 13.9. The minimum Gasteiger partial charge on any atom is -0.466 e. The molecule has 1 spiro atoms. The molecule has 0 saturated carbocycles. The molecule has 4 rings (SSSR count). The van der Waals surface area contributed by atoms with Gasteiger partial charge in [0.1, 0.15) is 17.8 Å². The first kappa shape index (κ1) is 15.6. The van der Waals surface area contributed by atoms with Gasteiger partial charge < -0.3 is 14.5 Å². The molecule has 2 saturated heterocycles.